The van der Waals surface area contributed by atoms with Crippen molar-refractivity contribution < 1.29 is 4.42 Å². The zero-order valence-corrected chi connectivity index (χ0v) is 31.9. The Morgan fingerprint density at radius 2 is 0.982 bits per heavy atom. The van der Waals surface area contributed by atoms with Gasteiger partial charge in [-0.25, -0.2) is 0 Å². The highest BCUT2D eigenvalue weighted by Crippen LogP contribution is 2.52. The van der Waals surface area contributed by atoms with E-state index in [9.17, 15) is 0 Å². The lowest BCUT2D eigenvalue weighted by Crippen LogP contribution is -2.16. The van der Waals surface area contributed by atoms with Crippen molar-refractivity contribution in [1.29, 1.82) is 0 Å². The molecule has 0 saturated heterocycles. The van der Waals surface area contributed by atoms with E-state index in [2.05, 4.69) is 219 Å². The van der Waals surface area contributed by atoms with Crippen LogP contribution in [0.3, 0.4) is 0 Å². The van der Waals surface area contributed by atoms with Gasteiger partial charge in [-0.1, -0.05) is 172 Å². The number of hydrogen-bond acceptors (Lipinski definition) is 2. The Hall–Kier alpha value is -7.16. The number of fused-ring (bicyclic) bond motifs is 8. The van der Waals surface area contributed by atoms with Crippen LogP contribution in [0.25, 0.3) is 77.2 Å². The molecule has 0 fully saturated rings. The minimum absolute atomic E-state index is 0.0928. The van der Waals surface area contributed by atoms with E-state index in [1.54, 1.807) is 0 Å². The van der Waals surface area contributed by atoms with E-state index in [1.807, 2.05) is 0 Å². The Morgan fingerprint density at radius 1 is 0.404 bits per heavy atom. The minimum Gasteiger partial charge on any atom is -0.455 e. The minimum atomic E-state index is -0.0928. The number of furan rings is 1. The second-order valence-electron chi connectivity index (χ2n) is 15.7. The zero-order chi connectivity index (χ0) is 38.1. The van der Waals surface area contributed by atoms with Gasteiger partial charge in [-0.2, -0.15) is 0 Å². The largest absolute Gasteiger partial charge is 0.455 e. The van der Waals surface area contributed by atoms with Gasteiger partial charge in [0, 0.05) is 38.5 Å². The average molecular weight is 730 g/mol. The molecule has 1 aliphatic rings. The second kappa shape index (κ2) is 13.0. The molecule has 1 aromatic heterocycles. The van der Waals surface area contributed by atoms with E-state index in [4.69, 9.17) is 4.42 Å². The predicted octanol–water partition coefficient (Wildman–Crippen LogP) is 15.5. The van der Waals surface area contributed by atoms with Crippen molar-refractivity contribution in [3.8, 4) is 44.5 Å². The lowest BCUT2D eigenvalue weighted by atomic mass is 9.79. The monoisotopic (exact) mass is 729 g/mol. The van der Waals surface area contributed by atoms with E-state index in [0.29, 0.717) is 0 Å². The van der Waals surface area contributed by atoms with Crippen molar-refractivity contribution in [2.24, 2.45) is 0 Å². The molecule has 9 aromatic carbocycles. The highest BCUT2D eigenvalue weighted by Gasteiger charge is 2.37. The predicted molar refractivity (Wildman–Crippen MR) is 240 cm³/mol. The Morgan fingerprint density at radius 3 is 1.77 bits per heavy atom. The van der Waals surface area contributed by atoms with Crippen molar-refractivity contribution >= 4 is 49.8 Å². The maximum absolute atomic E-state index is 6.55. The molecule has 0 amide bonds. The van der Waals surface area contributed by atoms with Gasteiger partial charge in [0.25, 0.3) is 0 Å². The molecule has 2 heteroatoms. The fourth-order valence-electron chi connectivity index (χ4n) is 9.42. The molecule has 1 heterocycles. The van der Waals surface area contributed by atoms with E-state index < -0.39 is 0 Å². The lowest BCUT2D eigenvalue weighted by molar-refractivity contribution is 0.662. The topological polar surface area (TPSA) is 16.4 Å². The summed E-state index contributed by atoms with van der Waals surface area (Å²) in [5.41, 5.74) is 17.7. The van der Waals surface area contributed by atoms with Gasteiger partial charge in [0.15, 0.2) is 0 Å². The zero-order valence-electron chi connectivity index (χ0n) is 31.9. The molecule has 0 bridgehead atoms. The number of hydrogen-bond donors (Lipinski definition) is 0. The highest BCUT2D eigenvalue weighted by atomic mass is 16.3. The summed E-state index contributed by atoms with van der Waals surface area (Å²) in [5, 5.41) is 4.60. The van der Waals surface area contributed by atoms with Crippen LogP contribution in [0, 0.1) is 0 Å². The molecular weight excluding hydrogens is 691 g/mol. The van der Waals surface area contributed by atoms with Crippen LogP contribution in [-0.2, 0) is 5.41 Å². The van der Waals surface area contributed by atoms with Crippen LogP contribution >= 0.6 is 0 Å². The molecule has 0 N–H and O–H groups in total. The number of para-hydroxylation sites is 1. The number of rotatable bonds is 6. The molecule has 1 aliphatic carbocycles. The quantitative estimate of drug-likeness (QED) is 0.169. The normalized spacial score (nSPS) is 12.9. The summed E-state index contributed by atoms with van der Waals surface area (Å²) in [7, 11) is 0. The van der Waals surface area contributed by atoms with Gasteiger partial charge in [0.2, 0.25) is 0 Å². The summed E-state index contributed by atoms with van der Waals surface area (Å²) in [6.45, 7) is 4.72. The first kappa shape index (κ1) is 33.2. The smallest absolute Gasteiger partial charge is 0.143 e. The molecule has 10 aromatic rings. The van der Waals surface area contributed by atoms with E-state index in [-0.39, 0.29) is 5.41 Å². The molecule has 2 nitrogen and oxygen atoms in total. The number of anilines is 3. The number of benzene rings is 9. The maximum atomic E-state index is 6.55. The van der Waals surface area contributed by atoms with Gasteiger partial charge in [0.1, 0.15) is 11.2 Å². The summed E-state index contributed by atoms with van der Waals surface area (Å²) < 4.78 is 6.55. The van der Waals surface area contributed by atoms with Gasteiger partial charge < -0.3 is 9.32 Å². The van der Waals surface area contributed by atoms with Crippen molar-refractivity contribution in [3.63, 3.8) is 0 Å². The van der Waals surface area contributed by atoms with E-state index in [1.165, 1.54) is 49.9 Å². The first-order chi connectivity index (χ1) is 28.0. The Bertz CT molecular complexity index is 3130. The van der Waals surface area contributed by atoms with Crippen LogP contribution in [0.5, 0.6) is 0 Å². The molecule has 11 rings (SSSR count). The molecular formula is C55H39NO. The summed E-state index contributed by atoms with van der Waals surface area (Å²) in [4.78, 5) is 2.39. The third-order valence-corrected chi connectivity index (χ3v) is 12.1. The molecule has 270 valence electrons. The first-order valence-corrected chi connectivity index (χ1v) is 19.8. The maximum Gasteiger partial charge on any atom is 0.143 e. The van der Waals surface area contributed by atoms with Gasteiger partial charge in [0.05, 0.1) is 5.69 Å². The second-order valence-corrected chi connectivity index (χ2v) is 15.7. The fraction of sp³-hybridized carbons (Fsp3) is 0.0545. The van der Waals surface area contributed by atoms with Crippen LogP contribution in [0.4, 0.5) is 17.1 Å². The molecule has 0 saturated carbocycles. The Kier molecular flexibility index (Phi) is 7.55. The third-order valence-electron chi connectivity index (χ3n) is 12.1. The number of nitrogens with zero attached hydrogens (tertiary/aromatic N) is 1. The van der Waals surface area contributed by atoms with Gasteiger partial charge >= 0.3 is 0 Å². The molecule has 57 heavy (non-hydrogen) atoms. The summed E-state index contributed by atoms with van der Waals surface area (Å²) in [6.07, 6.45) is 0. The van der Waals surface area contributed by atoms with Crippen molar-refractivity contribution in [2.45, 2.75) is 19.3 Å². The SMILES string of the molecule is CC1(C)c2ccccc2-c2cccc(-c3ccc(N(c4ccc(-c5cccc6oc7c8ccccc8ccc7c56)cc4)c4ccccc4-c4ccccc4)cc3)c21. The van der Waals surface area contributed by atoms with Crippen LogP contribution in [0.1, 0.15) is 25.0 Å². The van der Waals surface area contributed by atoms with Crippen molar-refractivity contribution in [2.75, 3.05) is 4.90 Å². The average Bonchev–Trinajstić information content (AvgIpc) is 3.77. The van der Waals surface area contributed by atoms with Crippen molar-refractivity contribution in [3.05, 3.63) is 211 Å². The van der Waals surface area contributed by atoms with Crippen LogP contribution in [-0.4, -0.2) is 0 Å². The van der Waals surface area contributed by atoms with Gasteiger partial charge in [-0.15, -0.1) is 0 Å². The summed E-state index contributed by atoms with van der Waals surface area (Å²) >= 11 is 0. The standard InChI is InChI=1S/C55H39NO/c1-55(2)49-23-10-8-19-46(49)47-22-12-21-44(53(47)55)39-28-33-41(34-29-39)56(50-24-11-9-17-42(50)36-14-4-3-5-15-36)40-31-26-38(27-32-40)43-20-13-25-51-52(43)48-35-30-37-16-6-7-18-45(37)54(48)57-51/h3-35H,1-2H3. The summed E-state index contributed by atoms with van der Waals surface area (Å²) in [5.74, 6) is 0. The van der Waals surface area contributed by atoms with Crippen LogP contribution < -0.4 is 4.90 Å². The van der Waals surface area contributed by atoms with E-state index >= 15 is 0 Å². The fourth-order valence-corrected chi connectivity index (χ4v) is 9.42. The molecule has 0 unspecified atom stereocenters. The molecule has 0 radical (unpaired) electrons. The first-order valence-electron chi connectivity index (χ1n) is 19.8. The van der Waals surface area contributed by atoms with Gasteiger partial charge in [-0.05, 0) is 97.9 Å². The van der Waals surface area contributed by atoms with Crippen LogP contribution in [0.15, 0.2) is 205 Å². The Balaban J connectivity index is 1.03. The van der Waals surface area contributed by atoms with Crippen LogP contribution in [0.2, 0.25) is 0 Å². The molecule has 0 aliphatic heterocycles. The highest BCUT2D eigenvalue weighted by molar-refractivity contribution is 6.19. The molecule has 0 spiro atoms. The summed E-state index contributed by atoms with van der Waals surface area (Å²) in [6, 6.07) is 72.5. The van der Waals surface area contributed by atoms with Crippen molar-refractivity contribution in [1.82, 2.24) is 0 Å². The van der Waals surface area contributed by atoms with Gasteiger partial charge in [-0.3, -0.25) is 0 Å². The lowest BCUT2D eigenvalue weighted by Gasteiger charge is -2.28. The Labute approximate surface area is 332 Å². The van der Waals surface area contributed by atoms with E-state index in [0.717, 1.165) is 55.5 Å². The third kappa shape index (κ3) is 5.25. The molecule has 0 atom stereocenters.